The zero-order valence-electron chi connectivity index (χ0n) is 22.3. The van der Waals surface area contributed by atoms with Gasteiger partial charge in [-0.2, -0.15) is 0 Å². The van der Waals surface area contributed by atoms with Gasteiger partial charge in [0, 0.05) is 39.1 Å². The molecule has 0 radical (unpaired) electrons. The Kier molecular flexibility index (Phi) is 13.5. The number of ether oxygens (including phenoxy) is 3. The van der Waals surface area contributed by atoms with Gasteiger partial charge in [-0.15, -0.1) is 0 Å². The van der Waals surface area contributed by atoms with Gasteiger partial charge in [0.15, 0.2) is 11.5 Å². The maximum atomic E-state index is 12.3. The highest BCUT2D eigenvalue weighted by molar-refractivity contribution is 5.76. The number of aliphatic hydroxyl groups excluding tert-OH is 1. The van der Waals surface area contributed by atoms with E-state index in [1.165, 1.54) is 19.3 Å². The van der Waals surface area contributed by atoms with Crippen LogP contribution in [0.5, 0.6) is 11.5 Å². The van der Waals surface area contributed by atoms with Crippen molar-refractivity contribution in [3.8, 4) is 11.5 Å². The van der Waals surface area contributed by atoms with Crippen LogP contribution in [0, 0.1) is 17.8 Å². The van der Waals surface area contributed by atoms with Gasteiger partial charge < -0.3 is 30.4 Å². The number of nitrogens with one attached hydrogen (secondary N) is 1. The van der Waals surface area contributed by atoms with Gasteiger partial charge in [0.1, 0.15) is 0 Å². The Labute approximate surface area is 212 Å². The fraction of sp³-hybridized carbons (Fsp3) is 0.750. The molecule has 3 atom stereocenters. The second kappa shape index (κ2) is 16.0. The lowest BCUT2D eigenvalue weighted by Crippen LogP contribution is -2.45. The highest BCUT2D eigenvalue weighted by atomic mass is 16.5. The van der Waals surface area contributed by atoms with Crippen LogP contribution in [0.15, 0.2) is 18.2 Å². The molecule has 0 aliphatic heterocycles. The largest absolute Gasteiger partial charge is 0.493 e. The standard InChI is InChI=1S/C28H48N2O5/c1-20(2)23(15-22-11-12-26(34-4)27(16-22)35-14-8-13-33-3)18-24(29)25(31)19-30-28(32)17-21-9-6-5-7-10-21/h11-12,16,20-21,23-25,31H,5-10,13-15,17-19,29H2,1-4H3,(H,30,32)/t23-,24-,25-/m0/s1. The van der Waals surface area contributed by atoms with Crippen LogP contribution in [0.25, 0.3) is 0 Å². The van der Waals surface area contributed by atoms with Crippen LogP contribution < -0.4 is 20.5 Å². The first-order valence-electron chi connectivity index (χ1n) is 13.3. The minimum atomic E-state index is -0.762. The van der Waals surface area contributed by atoms with Crippen LogP contribution in [0.2, 0.25) is 0 Å². The van der Waals surface area contributed by atoms with Crippen LogP contribution in [-0.4, -0.2) is 57.1 Å². The van der Waals surface area contributed by atoms with E-state index in [2.05, 4.69) is 25.2 Å². The van der Waals surface area contributed by atoms with Crippen LogP contribution in [-0.2, 0) is 16.0 Å². The number of carbonyl (C=O) groups excluding carboxylic acids is 1. The number of benzene rings is 1. The lowest BCUT2D eigenvalue weighted by molar-refractivity contribution is -0.122. The molecule has 0 bridgehead atoms. The molecule has 0 heterocycles. The van der Waals surface area contributed by atoms with Crippen molar-refractivity contribution in [3.63, 3.8) is 0 Å². The van der Waals surface area contributed by atoms with Gasteiger partial charge in [-0.25, -0.2) is 0 Å². The van der Waals surface area contributed by atoms with Crippen molar-refractivity contribution in [2.45, 2.75) is 83.8 Å². The van der Waals surface area contributed by atoms with Crippen LogP contribution in [0.3, 0.4) is 0 Å². The first-order chi connectivity index (χ1) is 16.8. The van der Waals surface area contributed by atoms with Gasteiger partial charge in [-0.1, -0.05) is 39.2 Å². The summed E-state index contributed by atoms with van der Waals surface area (Å²) in [6.07, 6.45) is 8.09. The molecule has 0 aromatic heterocycles. The average Bonchev–Trinajstić information content (AvgIpc) is 2.85. The molecule has 1 aromatic carbocycles. The van der Waals surface area contributed by atoms with E-state index in [1.54, 1.807) is 14.2 Å². The van der Waals surface area contributed by atoms with Gasteiger partial charge in [-0.05, 0) is 61.1 Å². The van der Waals surface area contributed by atoms with Crippen LogP contribution >= 0.6 is 0 Å². The second-order valence-corrected chi connectivity index (χ2v) is 10.4. The highest BCUT2D eigenvalue weighted by Crippen LogP contribution is 2.31. The van der Waals surface area contributed by atoms with Crippen molar-refractivity contribution in [1.82, 2.24) is 5.32 Å². The SMILES string of the molecule is COCCCOc1cc(C[C@@H](C[C@H](N)[C@@H](O)CNC(=O)CC2CCCCC2)C(C)C)ccc1OC. The number of hydrogen-bond acceptors (Lipinski definition) is 6. The van der Waals surface area contributed by atoms with Crippen molar-refractivity contribution >= 4 is 5.91 Å². The fourth-order valence-electron chi connectivity index (χ4n) is 4.84. The summed E-state index contributed by atoms with van der Waals surface area (Å²) < 4.78 is 16.5. The van der Waals surface area contributed by atoms with Crippen LogP contribution in [0.4, 0.5) is 0 Å². The zero-order chi connectivity index (χ0) is 25.6. The number of rotatable bonds is 16. The quantitative estimate of drug-likeness (QED) is 0.300. The lowest BCUT2D eigenvalue weighted by Gasteiger charge is -2.28. The number of hydrogen-bond donors (Lipinski definition) is 3. The summed E-state index contributed by atoms with van der Waals surface area (Å²) in [5, 5.41) is 13.5. The zero-order valence-corrected chi connectivity index (χ0v) is 22.3. The van der Waals surface area contributed by atoms with Gasteiger partial charge in [0.2, 0.25) is 5.91 Å². The van der Waals surface area contributed by atoms with Gasteiger partial charge in [0.25, 0.3) is 0 Å². The van der Waals surface area contributed by atoms with Crippen molar-refractivity contribution in [1.29, 1.82) is 0 Å². The monoisotopic (exact) mass is 492 g/mol. The van der Waals surface area contributed by atoms with Crippen molar-refractivity contribution in [2.75, 3.05) is 34.0 Å². The maximum Gasteiger partial charge on any atom is 0.220 e. The highest BCUT2D eigenvalue weighted by Gasteiger charge is 2.24. The molecule has 1 aliphatic rings. The molecule has 0 saturated heterocycles. The third-order valence-corrected chi connectivity index (χ3v) is 7.20. The van der Waals surface area contributed by atoms with Gasteiger partial charge in [0.05, 0.1) is 19.8 Å². The molecule has 7 heteroatoms. The third-order valence-electron chi connectivity index (χ3n) is 7.20. The summed E-state index contributed by atoms with van der Waals surface area (Å²) in [7, 11) is 3.32. The van der Waals surface area contributed by atoms with E-state index in [1.807, 2.05) is 12.1 Å². The summed E-state index contributed by atoms with van der Waals surface area (Å²) >= 11 is 0. The Morgan fingerprint density at radius 2 is 1.89 bits per heavy atom. The Balaban J connectivity index is 1.87. The smallest absolute Gasteiger partial charge is 0.220 e. The van der Waals surface area contributed by atoms with E-state index >= 15 is 0 Å². The van der Waals surface area contributed by atoms with E-state index in [0.29, 0.717) is 43.6 Å². The molecule has 1 aromatic rings. The molecule has 35 heavy (non-hydrogen) atoms. The van der Waals surface area contributed by atoms with Crippen molar-refractivity contribution in [2.24, 2.45) is 23.5 Å². The van der Waals surface area contributed by atoms with E-state index in [9.17, 15) is 9.90 Å². The van der Waals surface area contributed by atoms with Crippen molar-refractivity contribution < 1.29 is 24.1 Å². The summed E-state index contributed by atoms with van der Waals surface area (Å²) in [6, 6.07) is 5.63. The molecular weight excluding hydrogens is 444 g/mol. The van der Waals surface area contributed by atoms with Gasteiger partial charge >= 0.3 is 0 Å². The molecule has 200 valence electrons. The predicted molar refractivity (Wildman–Crippen MR) is 140 cm³/mol. The van der Waals surface area contributed by atoms with E-state index < -0.39 is 12.1 Å². The summed E-state index contributed by atoms with van der Waals surface area (Å²) in [5.41, 5.74) is 7.54. The Morgan fingerprint density at radius 1 is 1.14 bits per heavy atom. The Hall–Kier alpha value is -1.83. The summed E-state index contributed by atoms with van der Waals surface area (Å²) in [5.74, 6) is 2.63. The molecule has 0 unspecified atom stereocenters. The predicted octanol–water partition coefficient (Wildman–Crippen LogP) is 4.09. The second-order valence-electron chi connectivity index (χ2n) is 10.4. The average molecular weight is 493 g/mol. The minimum Gasteiger partial charge on any atom is -0.493 e. The molecule has 1 amide bonds. The normalized spacial score (nSPS) is 17.1. The Morgan fingerprint density at radius 3 is 2.54 bits per heavy atom. The fourth-order valence-corrected chi connectivity index (χ4v) is 4.84. The van der Waals surface area contributed by atoms with E-state index in [4.69, 9.17) is 19.9 Å². The Bertz CT molecular complexity index is 736. The molecule has 2 rings (SSSR count). The molecule has 7 nitrogen and oxygen atoms in total. The van der Waals surface area contributed by atoms with Crippen LogP contribution in [0.1, 0.15) is 70.8 Å². The lowest BCUT2D eigenvalue weighted by atomic mass is 9.83. The first-order valence-corrected chi connectivity index (χ1v) is 13.3. The third kappa shape index (κ3) is 10.8. The van der Waals surface area contributed by atoms with E-state index in [0.717, 1.165) is 37.0 Å². The van der Waals surface area contributed by atoms with E-state index in [-0.39, 0.29) is 18.4 Å². The maximum absolute atomic E-state index is 12.3. The summed E-state index contributed by atoms with van der Waals surface area (Å²) in [6.45, 7) is 5.78. The molecule has 0 spiro atoms. The van der Waals surface area contributed by atoms with Gasteiger partial charge in [-0.3, -0.25) is 4.79 Å². The number of aliphatic hydroxyl groups is 1. The number of methoxy groups -OCH3 is 2. The van der Waals surface area contributed by atoms with Crippen molar-refractivity contribution in [3.05, 3.63) is 23.8 Å². The number of carbonyl (C=O) groups is 1. The molecular formula is C28H48N2O5. The molecule has 1 fully saturated rings. The number of amides is 1. The first kappa shape index (κ1) is 29.4. The molecule has 4 N–H and O–H groups in total. The molecule has 1 aliphatic carbocycles. The number of nitrogens with two attached hydrogens (primary N) is 1. The minimum absolute atomic E-state index is 0.0276. The topological polar surface area (TPSA) is 103 Å². The summed E-state index contributed by atoms with van der Waals surface area (Å²) in [4.78, 5) is 12.3. The molecule has 1 saturated carbocycles.